The van der Waals surface area contributed by atoms with Crippen LogP contribution in [0.15, 0.2) is 18.2 Å². The van der Waals surface area contributed by atoms with Gasteiger partial charge in [0.05, 0.1) is 13.2 Å². The molecule has 0 bridgehead atoms. The lowest BCUT2D eigenvalue weighted by atomic mass is 9.70. The van der Waals surface area contributed by atoms with Crippen LogP contribution in [0.4, 0.5) is 0 Å². The zero-order valence-electron chi connectivity index (χ0n) is 8.53. The summed E-state index contributed by atoms with van der Waals surface area (Å²) in [6.45, 7) is 0. The van der Waals surface area contributed by atoms with Crippen molar-refractivity contribution in [3.63, 3.8) is 0 Å². The predicted molar refractivity (Wildman–Crippen MR) is 59.1 cm³/mol. The second-order valence-electron chi connectivity index (χ2n) is 4.06. The zero-order valence-corrected chi connectivity index (χ0v) is 9.29. The summed E-state index contributed by atoms with van der Waals surface area (Å²) in [5.74, 6) is 0.730. The summed E-state index contributed by atoms with van der Waals surface area (Å²) in [6, 6.07) is 5.38. The number of nitrogens with two attached hydrogens (primary N) is 1. The van der Waals surface area contributed by atoms with Crippen LogP contribution in [0.3, 0.4) is 0 Å². The summed E-state index contributed by atoms with van der Waals surface area (Å²) < 4.78 is 5.24. The number of halogens is 1. The third-order valence-corrected chi connectivity index (χ3v) is 3.13. The Bertz CT molecular complexity index is 375. The van der Waals surface area contributed by atoms with Crippen LogP contribution < -0.4 is 10.5 Å². The van der Waals surface area contributed by atoms with Gasteiger partial charge >= 0.3 is 0 Å². The second-order valence-corrected chi connectivity index (χ2v) is 4.50. The molecule has 3 N–H and O–H groups in total. The van der Waals surface area contributed by atoms with E-state index in [2.05, 4.69) is 0 Å². The van der Waals surface area contributed by atoms with E-state index in [0.717, 1.165) is 11.3 Å². The van der Waals surface area contributed by atoms with Gasteiger partial charge in [0, 0.05) is 16.1 Å². The monoisotopic (exact) mass is 227 g/mol. The zero-order chi connectivity index (χ0) is 11.1. The Morgan fingerprint density at radius 1 is 1.53 bits per heavy atom. The molecule has 0 saturated heterocycles. The number of rotatable bonds is 2. The van der Waals surface area contributed by atoms with E-state index in [1.807, 2.05) is 6.07 Å². The van der Waals surface area contributed by atoms with Crippen LogP contribution in [0.1, 0.15) is 18.4 Å². The van der Waals surface area contributed by atoms with E-state index < -0.39 is 5.54 Å². The predicted octanol–water partition coefficient (Wildman–Crippen LogP) is 1.66. The Kier molecular flexibility index (Phi) is 2.63. The largest absolute Gasteiger partial charge is 0.496 e. The molecule has 4 heteroatoms. The molecule has 15 heavy (non-hydrogen) atoms. The molecular formula is C11H14ClNO2. The van der Waals surface area contributed by atoms with Crippen LogP contribution in [-0.4, -0.2) is 18.3 Å². The molecule has 0 atom stereocenters. The van der Waals surface area contributed by atoms with Gasteiger partial charge in [0.15, 0.2) is 0 Å². The van der Waals surface area contributed by atoms with Gasteiger partial charge < -0.3 is 15.6 Å². The van der Waals surface area contributed by atoms with Crippen molar-refractivity contribution in [3.8, 4) is 5.75 Å². The van der Waals surface area contributed by atoms with Crippen LogP contribution in [0.25, 0.3) is 0 Å². The summed E-state index contributed by atoms with van der Waals surface area (Å²) >= 11 is 5.92. The highest BCUT2D eigenvalue weighted by Crippen LogP contribution is 2.43. The molecule has 2 rings (SSSR count). The molecule has 0 amide bonds. The maximum absolute atomic E-state index is 9.32. The van der Waals surface area contributed by atoms with Gasteiger partial charge in [0.2, 0.25) is 0 Å². The quantitative estimate of drug-likeness (QED) is 0.808. The topological polar surface area (TPSA) is 55.5 Å². The van der Waals surface area contributed by atoms with E-state index in [1.165, 1.54) is 0 Å². The molecule has 1 aromatic carbocycles. The minimum atomic E-state index is -0.490. The molecule has 0 aromatic heterocycles. The summed E-state index contributed by atoms with van der Waals surface area (Å²) in [7, 11) is 1.60. The Morgan fingerprint density at radius 2 is 2.20 bits per heavy atom. The number of benzene rings is 1. The van der Waals surface area contributed by atoms with Crippen LogP contribution in [-0.2, 0) is 5.54 Å². The van der Waals surface area contributed by atoms with Crippen LogP contribution >= 0.6 is 11.6 Å². The highest BCUT2D eigenvalue weighted by molar-refractivity contribution is 6.30. The van der Waals surface area contributed by atoms with Crippen LogP contribution in [0.5, 0.6) is 5.75 Å². The van der Waals surface area contributed by atoms with E-state index in [-0.39, 0.29) is 6.10 Å². The van der Waals surface area contributed by atoms with Gasteiger partial charge in [0.25, 0.3) is 0 Å². The summed E-state index contributed by atoms with van der Waals surface area (Å²) in [4.78, 5) is 0. The molecule has 1 aliphatic rings. The number of aliphatic hydroxyl groups is 1. The van der Waals surface area contributed by atoms with E-state index in [0.29, 0.717) is 17.9 Å². The van der Waals surface area contributed by atoms with Crippen molar-refractivity contribution in [2.45, 2.75) is 24.5 Å². The van der Waals surface area contributed by atoms with Gasteiger partial charge in [-0.2, -0.15) is 0 Å². The minimum absolute atomic E-state index is 0.307. The average molecular weight is 228 g/mol. The molecule has 0 unspecified atom stereocenters. The van der Waals surface area contributed by atoms with Crippen molar-refractivity contribution in [1.29, 1.82) is 0 Å². The normalized spacial score (nSPS) is 29.7. The van der Waals surface area contributed by atoms with E-state index in [4.69, 9.17) is 22.1 Å². The van der Waals surface area contributed by atoms with Gasteiger partial charge in [-0.3, -0.25) is 0 Å². The molecule has 1 saturated carbocycles. The Balaban J connectivity index is 2.38. The molecule has 82 valence electrons. The SMILES string of the molecule is COc1ccc(Cl)cc1C1(N)CC(O)C1. The lowest BCUT2D eigenvalue weighted by Crippen LogP contribution is -2.51. The molecule has 0 heterocycles. The molecule has 1 aliphatic carbocycles. The number of hydrogen-bond donors (Lipinski definition) is 2. The Morgan fingerprint density at radius 3 is 2.73 bits per heavy atom. The fraction of sp³-hybridized carbons (Fsp3) is 0.455. The molecule has 0 radical (unpaired) electrons. The fourth-order valence-corrected chi connectivity index (χ4v) is 2.24. The maximum Gasteiger partial charge on any atom is 0.124 e. The first kappa shape index (κ1) is 10.7. The molecular weight excluding hydrogens is 214 g/mol. The first-order valence-corrected chi connectivity index (χ1v) is 5.24. The first-order valence-electron chi connectivity index (χ1n) is 4.86. The third-order valence-electron chi connectivity index (χ3n) is 2.90. The number of hydrogen-bond acceptors (Lipinski definition) is 3. The highest BCUT2D eigenvalue weighted by atomic mass is 35.5. The van der Waals surface area contributed by atoms with Gasteiger partial charge in [-0.1, -0.05) is 11.6 Å². The van der Waals surface area contributed by atoms with Crippen molar-refractivity contribution in [2.24, 2.45) is 5.73 Å². The number of aliphatic hydroxyl groups excluding tert-OH is 1. The van der Waals surface area contributed by atoms with E-state index >= 15 is 0 Å². The molecule has 0 aliphatic heterocycles. The molecule has 0 spiro atoms. The van der Waals surface area contributed by atoms with Gasteiger partial charge in [-0.15, -0.1) is 0 Å². The fourth-order valence-electron chi connectivity index (χ4n) is 2.07. The summed E-state index contributed by atoms with van der Waals surface area (Å²) in [6.07, 6.45) is 0.812. The third kappa shape index (κ3) is 1.83. The Hall–Kier alpha value is -0.770. The summed E-state index contributed by atoms with van der Waals surface area (Å²) in [5.41, 5.74) is 6.55. The minimum Gasteiger partial charge on any atom is -0.496 e. The van der Waals surface area contributed by atoms with Crippen molar-refractivity contribution in [2.75, 3.05) is 7.11 Å². The number of ether oxygens (including phenoxy) is 1. The van der Waals surface area contributed by atoms with E-state index in [1.54, 1.807) is 19.2 Å². The van der Waals surface area contributed by atoms with Gasteiger partial charge in [-0.25, -0.2) is 0 Å². The van der Waals surface area contributed by atoms with Crippen molar-refractivity contribution in [3.05, 3.63) is 28.8 Å². The molecule has 3 nitrogen and oxygen atoms in total. The van der Waals surface area contributed by atoms with Crippen LogP contribution in [0.2, 0.25) is 5.02 Å². The standard InChI is InChI=1S/C11H14ClNO2/c1-15-10-3-2-7(12)4-9(10)11(13)5-8(14)6-11/h2-4,8,14H,5-6,13H2,1H3. The Labute approximate surface area is 93.8 Å². The molecule has 1 aromatic rings. The van der Waals surface area contributed by atoms with Crippen molar-refractivity contribution in [1.82, 2.24) is 0 Å². The van der Waals surface area contributed by atoms with Gasteiger partial charge in [-0.05, 0) is 31.0 Å². The smallest absolute Gasteiger partial charge is 0.124 e. The van der Waals surface area contributed by atoms with E-state index in [9.17, 15) is 5.11 Å². The summed E-state index contributed by atoms with van der Waals surface area (Å²) in [5, 5.41) is 9.96. The van der Waals surface area contributed by atoms with Gasteiger partial charge in [0.1, 0.15) is 5.75 Å². The highest BCUT2D eigenvalue weighted by Gasteiger charge is 2.43. The van der Waals surface area contributed by atoms with Crippen LogP contribution in [0, 0.1) is 0 Å². The number of methoxy groups -OCH3 is 1. The van der Waals surface area contributed by atoms with Crippen molar-refractivity contribution < 1.29 is 9.84 Å². The average Bonchev–Trinajstić information content (AvgIpc) is 2.15. The maximum atomic E-state index is 9.32. The first-order chi connectivity index (χ1) is 7.05. The lowest BCUT2D eigenvalue weighted by Gasteiger charge is -2.43. The molecule has 1 fully saturated rings. The second kappa shape index (κ2) is 3.67. The lowest BCUT2D eigenvalue weighted by molar-refractivity contribution is 0.0199. The van der Waals surface area contributed by atoms with Crippen molar-refractivity contribution >= 4 is 11.6 Å².